The fourth-order valence-corrected chi connectivity index (χ4v) is 2.72. The van der Waals surface area contributed by atoms with E-state index in [1.165, 1.54) is 12.6 Å². The lowest BCUT2D eigenvalue weighted by Crippen LogP contribution is -2.27. The summed E-state index contributed by atoms with van der Waals surface area (Å²) >= 11 is 0. The summed E-state index contributed by atoms with van der Waals surface area (Å²) in [5.41, 5.74) is 12.6. The summed E-state index contributed by atoms with van der Waals surface area (Å²) in [4.78, 5) is 8.91. The van der Waals surface area contributed by atoms with Crippen LogP contribution in [0.25, 0.3) is 0 Å². The van der Waals surface area contributed by atoms with Gasteiger partial charge in [0.05, 0.1) is 11.7 Å². The van der Waals surface area contributed by atoms with E-state index >= 15 is 0 Å². The molecule has 0 aromatic heterocycles. The van der Waals surface area contributed by atoms with Gasteiger partial charge in [0.1, 0.15) is 6.23 Å². The second kappa shape index (κ2) is 11.9. The smallest absolute Gasteiger partial charge is 0.148 e. The number of nitrogens with zero attached hydrogens (tertiary/aromatic N) is 2. The fraction of sp³-hybridized carbons (Fsp3) is 0.722. The van der Waals surface area contributed by atoms with Crippen LogP contribution in [0.4, 0.5) is 0 Å². The van der Waals surface area contributed by atoms with Crippen molar-refractivity contribution in [1.29, 1.82) is 5.41 Å². The number of nitrogens with one attached hydrogen (secondary N) is 1. The van der Waals surface area contributed by atoms with Gasteiger partial charge >= 0.3 is 0 Å². The van der Waals surface area contributed by atoms with Crippen LogP contribution >= 0.6 is 0 Å². The molecular weight excluding hydrogens is 302 g/mol. The van der Waals surface area contributed by atoms with Crippen molar-refractivity contribution in [1.82, 2.24) is 0 Å². The monoisotopic (exact) mass is 335 g/mol. The molecule has 1 aliphatic rings. The minimum atomic E-state index is -0.169. The number of allylic oxidation sites excluding steroid dienone is 2. The number of aliphatic imine (C=N–C) groups is 2. The number of ether oxygens (including phenoxy) is 1. The molecule has 0 heterocycles. The Kier molecular flexibility index (Phi) is 10.2. The predicted octanol–water partition coefficient (Wildman–Crippen LogP) is 2.67. The van der Waals surface area contributed by atoms with E-state index in [-0.39, 0.29) is 6.23 Å². The van der Waals surface area contributed by atoms with Gasteiger partial charge in [-0.25, -0.2) is 0 Å². The van der Waals surface area contributed by atoms with E-state index in [1.54, 1.807) is 12.4 Å². The minimum Gasteiger partial charge on any atom is -0.397 e. The highest BCUT2D eigenvalue weighted by molar-refractivity contribution is 6.08. The number of hydrogen-bond acceptors (Lipinski definition) is 6. The molecule has 0 aromatic carbocycles. The van der Waals surface area contributed by atoms with Crippen LogP contribution in [0.15, 0.2) is 21.3 Å². The maximum atomic E-state index is 7.53. The normalized spacial score (nSPS) is 23.3. The second-order valence-corrected chi connectivity index (χ2v) is 6.23. The van der Waals surface area contributed by atoms with E-state index in [9.17, 15) is 0 Å². The molecular formula is C18H33N5O. The van der Waals surface area contributed by atoms with Gasteiger partial charge in [-0.15, -0.1) is 0 Å². The molecule has 136 valence electrons. The molecule has 0 aromatic rings. The van der Waals surface area contributed by atoms with Gasteiger partial charge in [-0.2, -0.15) is 0 Å². The van der Waals surface area contributed by atoms with Crippen LogP contribution in [-0.4, -0.2) is 44.1 Å². The Morgan fingerprint density at radius 3 is 2.67 bits per heavy atom. The summed E-state index contributed by atoms with van der Waals surface area (Å²) in [6, 6.07) is 0.351. The highest BCUT2D eigenvalue weighted by Crippen LogP contribution is 2.33. The van der Waals surface area contributed by atoms with Crippen LogP contribution in [0.3, 0.4) is 0 Å². The molecule has 24 heavy (non-hydrogen) atoms. The van der Waals surface area contributed by atoms with Crippen molar-refractivity contribution in [2.75, 3.05) is 13.2 Å². The molecule has 1 rings (SSSR count). The first-order valence-corrected chi connectivity index (χ1v) is 9.02. The lowest BCUT2D eigenvalue weighted by atomic mass is 9.78. The van der Waals surface area contributed by atoms with Crippen molar-refractivity contribution in [3.05, 3.63) is 11.3 Å². The molecule has 0 aliphatic heterocycles. The molecule has 0 amide bonds. The van der Waals surface area contributed by atoms with Crippen LogP contribution < -0.4 is 11.5 Å². The lowest BCUT2D eigenvalue weighted by molar-refractivity contribution is 0.0634. The van der Waals surface area contributed by atoms with Crippen molar-refractivity contribution in [2.45, 2.75) is 64.6 Å². The molecule has 1 atom stereocenters. The highest BCUT2D eigenvalue weighted by atomic mass is 16.5. The average Bonchev–Trinajstić information content (AvgIpc) is 2.54. The number of rotatable bonds is 12. The van der Waals surface area contributed by atoms with Gasteiger partial charge in [0.25, 0.3) is 0 Å². The van der Waals surface area contributed by atoms with Gasteiger partial charge in [-0.05, 0) is 51.5 Å². The fourth-order valence-electron chi connectivity index (χ4n) is 2.72. The Morgan fingerprint density at radius 1 is 1.33 bits per heavy atom. The second-order valence-electron chi connectivity index (χ2n) is 6.23. The van der Waals surface area contributed by atoms with E-state index in [0.29, 0.717) is 23.9 Å². The van der Waals surface area contributed by atoms with E-state index in [2.05, 4.69) is 16.9 Å². The summed E-state index contributed by atoms with van der Waals surface area (Å²) in [5, 5.41) is 7.53. The third-order valence-electron chi connectivity index (χ3n) is 4.22. The lowest BCUT2D eigenvalue weighted by Gasteiger charge is -2.32. The van der Waals surface area contributed by atoms with Gasteiger partial charge in [-0.1, -0.05) is 13.3 Å². The molecule has 6 nitrogen and oxygen atoms in total. The van der Waals surface area contributed by atoms with Crippen molar-refractivity contribution in [2.24, 2.45) is 27.4 Å². The van der Waals surface area contributed by atoms with Crippen molar-refractivity contribution in [3.8, 4) is 0 Å². The summed E-state index contributed by atoms with van der Waals surface area (Å²) in [6.07, 6.45) is 10.7. The predicted molar refractivity (Wildman–Crippen MR) is 102 cm³/mol. The first-order chi connectivity index (χ1) is 11.6. The topological polar surface area (TPSA) is 110 Å². The standard InChI is InChI=1S/C18H33N5O/c1-3-6-18(24-4-2)23-13-17(21)15(11-20)12-22-16-9-14(10-16)7-5-8-19/h11-14,16,18,20H,3-10,19,21H2,1-2H3. The van der Waals surface area contributed by atoms with E-state index in [4.69, 9.17) is 21.6 Å². The van der Waals surface area contributed by atoms with Crippen LogP contribution in [-0.2, 0) is 4.74 Å². The quantitative estimate of drug-likeness (QED) is 0.477. The third kappa shape index (κ3) is 7.36. The Hall–Kier alpha value is -1.53. The van der Waals surface area contributed by atoms with Crippen LogP contribution in [0.5, 0.6) is 0 Å². The van der Waals surface area contributed by atoms with Crippen molar-refractivity contribution >= 4 is 18.6 Å². The molecule has 0 bridgehead atoms. The Morgan fingerprint density at radius 2 is 2.08 bits per heavy atom. The average molecular weight is 335 g/mol. The van der Waals surface area contributed by atoms with Crippen LogP contribution in [0.1, 0.15) is 52.4 Å². The van der Waals surface area contributed by atoms with Crippen LogP contribution in [0.2, 0.25) is 0 Å². The Labute approximate surface area is 146 Å². The number of hydrogen-bond donors (Lipinski definition) is 3. The van der Waals surface area contributed by atoms with E-state index in [0.717, 1.165) is 44.6 Å². The molecule has 1 saturated carbocycles. The maximum absolute atomic E-state index is 7.53. The first kappa shape index (κ1) is 20.5. The zero-order chi connectivity index (χ0) is 17.8. The third-order valence-corrected chi connectivity index (χ3v) is 4.22. The van der Waals surface area contributed by atoms with E-state index < -0.39 is 0 Å². The highest BCUT2D eigenvalue weighted by Gasteiger charge is 2.27. The molecule has 1 aliphatic carbocycles. The Bertz CT molecular complexity index is 446. The van der Waals surface area contributed by atoms with Crippen LogP contribution in [0, 0.1) is 11.3 Å². The summed E-state index contributed by atoms with van der Waals surface area (Å²) in [6.45, 7) is 5.43. The van der Waals surface area contributed by atoms with Gasteiger partial charge in [-0.3, -0.25) is 9.98 Å². The minimum absolute atomic E-state index is 0.169. The van der Waals surface area contributed by atoms with Gasteiger partial charge in [0.15, 0.2) is 0 Å². The molecule has 1 unspecified atom stereocenters. The van der Waals surface area contributed by atoms with E-state index in [1.807, 2.05) is 6.92 Å². The SMILES string of the molecule is CCCC(N=CC(N)=C(C=N)C=NC1CC(CCCN)C1)OCC. The van der Waals surface area contributed by atoms with Gasteiger partial charge in [0.2, 0.25) is 0 Å². The summed E-state index contributed by atoms with van der Waals surface area (Å²) < 4.78 is 5.54. The van der Waals surface area contributed by atoms with Crippen molar-refractivity contribution < 1.29 is 4.74 Å². The molecule has 0 radical (unpaired) electrons. The summed E-state index contributed by atoms with van der Waals surface area (Å²) in [7, 11) is 0. The molecule has 0 spiro atoms. The molecule has 1 fully saturated rings. The Balaban J connectivity index is 2.55. The molecule has 0 saturated heterocycles. The van der Waals surface area contributed by atoms with Gasteiger partial charge < -0.3 is 21.6 Å². The molecule has 6 heteroatoms. The number of nitrogens with two attached hydrogens (primary N) is 2. The summed E-state index contributed by atoms with van der Waals surface area (Å²) in [5.74, 6) is 0.753. The van der Waals surface area contributed by atoms with Gasteiger partial charge in [0, 0.05) is 30.8 Å². The zero-order valence-corrected chi connectivity index (χ0v) is 15.1. The largest absolute Gasteiger partial charge is 0.397 e. The van der Waals surface area contributed by atoms with Crippen molar-refractivity contribution in [3.63, 3.8) is 0 Å². The maximum Gasteiger partial charge on any atom is 0.148 e. The zero-order valence-electron chi connectivity index (χ0n) is 15.1. The first-order valence-electron chi connectivity index (χ1n) is 9.02. The molecule has 5 N–H and O–H groups in total.